The first-order chi connectivity index (χ1) is 9.43. The monoisotopic (exact) mass is 354 g/mol. The second-order valence-electron chi connectivity index (χ2n) is 4.39. The van der Waals surface area contributed by atoms with Gasteiger partial charge in [0, 0.05) is 18.1 Å². The molecule has 2 rings (SSSR count). The second kappa shape index (κ2) is 5.95. The van der Waals surface area contributed by atoms with Gasteiger partial charge in [0.2, 0.25) is 10.0 Å². The van der Waals surface area contributed by atoms with Gasteiger partial charge in [0.1, 0.15) is 4.90 Å². The third-order valence-corrected chi connectivity index (χ3v) is 5.61. The molecule has 0 aliphatic heterocycles. The maximum absolute atomic E-state index is 12.5. The van der Waals surface area contributed by atoms with Crippen molar-refractivity contribution >= 4 is 31.6 Å². The minimum Gasteiger partial charge on any atom is -0.398 e. The minimum absolute atomic E-state index is 0.134. The van der Waals surface area contributed by atoms with Gasteiger partial charge in [0.25, 0.3) is 0 Å². The molecule has 0 spiro atoms. The number of nitrogens with zero attached hydrogens (tertiary/aromatic N) is 1. The molecule has 0 aromatic heterocycles. The van der Waals surface area contributed by atoms with E-state index in [4.69, 9.17) is 5.73 Å². The Morgan fingerprint density at radius 3 is 2.35 bits per heavy atom. The summed E-state index contributed by atoms with van der Waals surface area (Å²) in [5.41, 5.74) is 6.91. The minimum atomic E-state index is -3.60. The smallest absolute Gasteiger partial charge is 0.245 e. The normalized spacial score (nSPS) is 11.8. The van der Waals surface area contributed by atoms with Crippen LogP contribution >= 0.6 is 15.9 Å². The van der Waals surface area contributed by atoms with Crippen molar-refractivity contribution in [3.8, 4) is 0 Å². The molecule has 2 aromatic carbocycles. The second-order valence-corrected chi connectivity index (χ2v) is 7.26. The van der Waals surface area contributed by atoms with Gasteiger partial charge in [-0.25, -0.2) is 8.42 Å². The summed E-state index contributed by atoms with van der Waals surface area (Å²) in [7, 11) is -2.05. The predicted octanol–water partition coefficient (Wildman–Crippen LogP) is 2.85. The van der Waals surface area contributed by atoms with E-state index in [2.05, 4.69) is 15.9 Å². The third kappa shape index (κ3) is 3.03. The number of hydrogen-bond acceptors (Lipinski definition) is 3. The lowest BCUT2D eigenvalue weighted by atomic mass is 10.2. The highest BCUT2D eigenvalue weighted by Gasteiger charge is 2.23. The quantitative estimate of drug-likeness (QED) is 0.858. The Morgan fingerprint density at radius 1 is 1.10 bits per heavy atom. The summed E-state index contributed by atoms with van der Waals surface area (Å²) < 4.78 is 27.2. The zero-order chi connectivity index (χ0) is 14.8. The van der Waals surface area contributed by atoms with Gasteiger partial charge in [-0.05, 0) is 23.8 Å². The number of anilines is 1. The van der Waals surface area contributed by atoms with E-state index in [1.807, 2.05) is 24.3 Å². The van der Waals surface area contributed by atoms with Crippen molar-refractivity contribution in [2.45, 2.75) is 11.4 Å². The Balaban J connectivity index is 2.31. The molecule has 0 saturated carbocycles. The van der Waals surface area contributed by atoms with Gasteiger partial charge in [-0.1, -0.05) is 46.3 Å². The van der Waals surface area contributed by atoms with Gasteiger partial charge in [-0.15, -0.1) is 0 Å². The number of benzene rings is 2. The lowest BCUT2D eigenvalue weighted by Gasteiger charge is -2.19. The van der Waals surface area contributed by atoms with Gasteiger partial charge in [0.15, 0.2) is 0 Å². The van der Waals surface area contributed by atoms with Crippen molar-refractivity contribution in [3.63, 3.8) is 0 Å². The maximum atomic E-state index is 12.5. The van der Waals surface area contributed by atoms with Crippen LogP contribution in [-0.4, -0.2) is 19.8 Å². The van der Waals surface area contributed by atoms with Crippen LogP contribution in [0, 0.1) is 0 Å². The molecule has 20 heavy (non-hydrogen) atoms. The molecular weight excluding hydrogens is 340 g/mol. The van der Waals surface area contributed by atoms with E-state index in [1.54, 1.807) is 25.2 Å². The van der Waals surface area contributed by atoms with Gasteiger partial charge in [-0.2, -0.15) is 4.31 Å². The van der Waals surface area contributed by atoms with Crippen LogP contribution in [0.15, 0.2) is 57.9 Å². The molecule has 2 N–H and O–H groups in total. The molecule has 106 valence electrons. The van der Waals surface area contributed by atoms with E-state index in [0.29, 0.717) is 0 Å². The van der Waals surface area contributed by atoms with Crippen LogP contribution in [0.25, 0.3) is 0 Å². The number of nitrogens with two attached hydrogens (primary N) is 1. The fraction of sp³-hybridized carbons (Fsp3) is 0.143. The highest BCUT2D eigenvalue weighted by molar-refractivity contribution is 9.10. The van der Waals surface area contributed by atoms with Crippen LogP contribution in [0.2, 0.25) is 0 Å². The van der Waals surface area contributed by atoms with Gasteiger partial charge < -0.3 is 5.73 Å². The van der Waals surface area contributed by atoms with Gasteiger partial charge in [-0.3, -0.25) is 0 Å². The summed E-state index contributed by atoms with van der Waals surface area (Å²) in [6.07, 6.45) is 0. The Labute approximate surface area is 127 Å². The number of sulfonamides is 1. The van der Waals surface area contributed by atoms with Crippen molar-refractivity contribution in [3.05, 3.63) is 58.6 Å². The number of para-hydroxylation sites is 1. The zero-order valence-electron chi connectivity index (χ0n) is 11.0. The molecule has 0 unspecified atom stereocenters. The number of halogens is 1. The van der Waals surface area contributed by atoms with E-state index >= 15 is 0 Å². The van der Waals surface area contributed by atoms with E-state index in [9.17, 15) is 8.42 Å². The van der Waals surface area contributed by atoms with Crippen LogP contribution in [0.1, 0.15) is 5.56 Å². The Morgan fingerprint density at radius 2 is 1.70 bits per heavy atom. The van der Waals surface area contributed by atoms with E-state index < -0.39 is 10.0 Å². The fourth-order valence-corrected chi connectivity index (χ4v) is 3.51. The Hall–Kier alpha value is -1.37. The third-order valence-electron chi connectivity index (χ3n) is 2.96. The van der Waals surface area contributed by atoms with Gasteiger partial charge >= 0.3 is 0 Å². The van der Waals surface area contributed by atoms with Crippen molar-refractivity contribution in [1.29, 1.82) is 0 Å². The molecule has 0 bridgehead atoms. The van der Waals surface area contributed by atoms with Crippen LogP contribution in [0.4, 0.5) is 5.69 Å². The molecule has 0 radical (unpaired) electrons. The highest BCUT2D eigenvalue weighted by atomic mass is 79.9. The van der Waals surface area contributed by atoms with E-state index in [0.717, 1.165) is 10.0 Å². The molecule has 0 atom stereocenters. The van der Waals surface area contributed by atoms with Crippen molar-refractivity contribution in [1.82, 2.24) is 4.31 Å². The van der Waals surface area contributed by atoms with Crippen LogP contribution < -0.4 is 5.73 Å². The Bertz CT molecular complexity index is 717. The first-order valence-electron chi connectivity index (χ1n) is 5.97. The van der Waals surface area contributed by atoms with E-state index in [-0.39, 0.29) is 17.1 Å². The molecule has 2 aromatic rings. The van der Waals surface area contributed by atoms with Crippen molar-refractivity contribution < 1.29 is 8.42 Å². The summed E-state index contributed by atoms with van der Waals surface area (Å²) >= 11 is 3.42. The molecule has 4 nitrogen and oxygen atoms in total. The number of nitrogen functional groups attached to an aromatic ring is 1. The molecule has 0 aliphatic rings. The predicted molar refractivity (Wildman–Crippen MR) is 83.6 cm³/mol. The first-order valence-corrected chi connectivity index (χ1v) is 8.20. The molecule has 6 heteroatoms. The standard InChI is InChI=1S/C14H15BrN2O2S/c1-17(10-11-6-2-3-7-12(11)15)20(18,19)14-9-5-4-8-13(14)16/h2-9H,10,16H2,1H3. The molecule has 0 saturated heterocycles. The summed E-state index contributed by atoms with van der Waals surface area (Å²) in [4.78, 5) is 0.134. The molecule has 0 amide bonds. The van der Waals surface area contributed by atoms with Gasteiger partial charge in [0.05, 0.1) is 5.69 Å². The van der Waals surface area contributed by atoms with Crippen LogP contribution in [0.5, 0.6) is 0 Å². The lowest BCUT2D eigenvalue weighted by molar-refractivity contribution is 0.466. The summed E-state index contributed by atoms with van der Waals surface area (Å²) in [5.74, 6) is 0. The van der Waals surface area contributed by atoms with Crippen molar-refractivity contribution in [2.75, 3.05) is 12.8 Å². The SMILES string of the molecule is CN(Cc1ccccc1Br)S(=O)(=O)c1ccccc1N. The van der Waals surface area contributed by atoms with Crippen LogP contribution in [0.3, 0.4) is 0 Å². The fourth-order valence-electron chi connectivity index (χ4n) is 1.83. The molecular formula is C14H15BrN2O2S. The largest absolute Gasteiger partial charge is 0.398 e. The van der Waals surface area contributed by atoms with Crippen LogP contribution in [-0.2, 0) is 16.6 Å². The lowest BCUT2D eigenvalue weighted by Crippen LogP contribution is -2.27. The van der Waals surface area contributed by atoms with Crippen molar-refractivity contribution in [2.24, 2.45) is 0 Å². The molecule has 0 heterocycles. The summed E-state index contributed by atoms with van der Waals surface area (Å²) in [6.45, 7) is 0.276. The number of rotatable bonds is 4. The highest BCUT2D eigenvalue weighted by Crippen LogP contribution is 2.24. The maximum Gasteiger partial charge on any atom is 0.245 e. The zero-order valence-corrected chi connectivity index (χ0v) is 13.4. The Kier molecular flexibility index (Phi) is 4.47. The number of hydrogen-bond donors (Lipinski definition) is 1. The average Bonchev–Trinajstić information content (AvgIpc) is 2.41. The van der Waals surface area contributed by atoms with E-state index in [1.165, 1.54) is 10.4 Å². The topological polar surface area (TPSA) is 63.4 Å². The molecule has 0 fully saturated rings. The summed E-state index contributed by atoms with van der Waals surface area (Å²) in [5, 5.41) is 0. The first kappa shape index (κ1) is 15.0. The molecule has 0 aliphatic carbocycles. The summed E-state index contributed by atoms with van der Waals surface area (Å²) in [6, 6.07) is 14.0. The average molecular weight is 355 g/mol.